The van der Waals surface area contributed by atoms with Gasteiger partial charge in [-0.15, -0.1) is 0 Å². The highest BCUT2D eigenvalue weighted by Crippen LogP contribution is 2.28. The van der Waals surface area contributed by atoms with E-state index in [9.17, 15) is 4.79 Å². The second kappa shape index (κ2) is 7.83. The molecule has 9 heteroatoms. The Morgan fingerprint density at radius 1 is 1.19 bits per heavy atom. The summed E-state index contributed by atoms with van der Waals surface area (Å²) in [5.41, 5.74) is 0.856. The lowest BCUT2D eigenvalue weighted by Crippen LogP contribution is -2.06. The molecule has 0 saturated heterocycles. The van der Waals surface area contributed by atoms with E-state index in [1.807, 2.05) is 0 Å². The molecule has 0 fully saturated rings. The number of pyridine rings is 1. The lowest BCUT2D eigenvalue weighted by molar-refractivity contribution is 0.0593. The van der Waals surface area contributed by atoms with E-state index in [-0.39, 0.29) is 18.2 Å². The lowest BCUT2D eigenvalue weighted by atomic mass is 10.2. The molecule has 1 aromatic carbocycles. The number of methoxy groups -OCH3 is 2. The molecule has 0 unspecified atom stereocenters. The third-order valence-electron chi connectivity index (χ3n) is 3.37. The van der Waals surface area contributed by atoms with Gasteiger partial charge in [0.1, 0.15) is 0 Å². The number of carbonyl (C=O) groups excluding carboxylic acids is 1. The van der Waals surface area contributed by atoms with Gasteiger partial charge in [-0.1, -0.05) is 16.8 Å². The monoisotopic (exact) mass is 375 g/mol. The van der Waals surface area contributed by atoms with Gasteiger partial charge in [0.2, 0.25) is 5.82 Å². The van der Waals surface area contributed by atoms with Crippen LogP contribution in [0.5, 0.6) is 11.5 Å². The van der Waals surface area contributed by atoms with Gasteiger partial charge in [0.15, 0.2) is 23.8 Å². The van der Waals surface area contributed by atoms with E-state index in [2.05, 4.69) is 19.9 Å². The normalized spacial score (nSPS) is 10.4. The number of benzene rings is 1. The highest BCUT2D eigenvalue weighted by Gasteiger charge is 2.15. The molecule has 26 heavy (non-hydrogen) atoms. The second-order valence-electron chi connectivity index (χ2n) is 5.02. The van der Waals surface area contributed by atoms with Gasteiger partial charge in [-0.2, -0.15) is 4.98 Å². The summed E-state index contributed by atoms with van der Waals surface area (Å²) in [7, 11) is 2.73. The Labute approximate surface area is 153 Å². The van der Waals surface area contributed by atoms with Crippen molar-refractivity contribution in [3.63, 3.8) is 0 Å². The summed E-state index contributed by atoms with van der Waals surface area (Å²) < 4.78 is 20.6. The molecule has 3 aromatic rings. The second-order valence-corrected chi connectivity index (χ2v) is 5.46. The fourth-order valence-corrected chi connectivity index (χ4v) is 2.20. The minimum Gasteiger partial charge on any atom is -0.491 e. The molecular weight excluding hydrogens is 362 g/mol. The minimum absolute atomic E-state index is 0.0123. The highest BCUT2D eigenvalue weighted by atomic mass is 35.5. The van der Waals surface area contributed by atoms with Crippen LogP contribution in [-0.4, -0.2) is 35.3 Å². The summed E-state index contributed by atoms with van der Waals surface area (Å²) in [6, 6.07) is 8.46. The number of halogens is 1. The van der Waals surface area contributed by atoms with Gasteiger partial charge < -0.3 is 18.7 Å². The fraction of sp³-hybridized carbons (Fsp3) is 0.176. The molecule has 0 atom stereocenters. The molecule has 0 aliphatic heterocycles. The van der Waals surface area contributed by atoms with E-state index >= 15 is 0 Å². The Bertz CT molecular complexity index is 911. The molecule has 0 aliphatic rings. The molecule has 0 amide bonds. The standard InChI is InChI=1S/C17H14ClN3O5/c1-23-14-8-19-12(17(22)24-2)7-13(14)25-9-15-20-16(21-26-15)10-3-5-11(18)6-4-10/h3-8H,9H2,1-2H3. The van der Waals surface area contributed by atoms with Crippen LogP contribution in [0.15, 0.2) is 41.1 Å². The van der Waals surface area contributed by atoms with Crippen molar-refractivity contribution in [2.75, 3.05) is 14.2 Å². The zero-order chi connectivity index (χ0) is 18.5. The van der Waals surface area contributed by atoms with Crippen molar-refractivity contribution in [3.8, 4) is 22.9 Å². The summed E-state index contributed by atoms with van der Waals surface area (Å²) in [5, 5.41) is 4.52. The molecule has 0 spiro atoms. The zero-order valence-electron chi connectivity index (χ0n) is 13.9. The summed E-state index contributed by atoms with van der Waals surface area (Å²) in [4.78, 5) is 19.8. The van der Waals surface area contributed by atoms with E-state index in [0.717, 1.165) is 5.56 Å². The van der Waals surface area contributed by atoms with Crippen LogP contribution in [0.4, 0.5) is 0 Å². The Kier molecular flexibility index (Phi) is 5.33. The van der Waals surface area contributed by atoms with Crippen LogP contribution in [0.3, 0.4) is 0 Å². The molecule has 0 N–H and O–H groups in total. The van der Waals surface area contributed by atoms with E-state index in [1.165, 1.54) is 26.5 Å². The molecule has 0 radical (unpaired) electrons. The first-order chi connectivity index (χ1) is 12.6. The van der Waals surface area contributed by atoms with Crippen LogP contribution in [0.2, 0.25) is 5.02 Å². The molecule has 2 heterocycles. The number of carbonyl (C=O) groups is 1. The van der Waals surface area contributed by atoms with Crippen LogP contribution in [0, 0.1) is 0 Å². The van der Waals surface area contributed by atoms with Gasteiger partial charge >= 0.3 is 5.97 Å². The van der Waals surface area contributed by atoms with Gasteiger partial charge in [0.05, 0.1) is 20.4 Å². The Morgan fingerprint density at radius 2 is 1.96 bits per heavy atom. The average molecular weight is 376 g/mol. The maximum atomic E-state index is 11.6. The van der Waals surface area contributed by atoms with Crippen molar-refractivity contribution in [1.29, 1.82) is 0 Å². The quantitative estimate of drug-likeness (QED) is 0.606. The van der Waals surface area contributed by atoms with Crippen molar-refractivity contribution in [3.05, 3.63) is 53.1 Å². The molecule has 2 aromatic heterocycles. The Balaban J connectivity index is 1.75. The van der Waals surface area contributed by atoms with E-state index in [0.29, 0.717) is 22.3 Å². The highest BCUT2D eigenvalue weighted by molar-refractivity contribution is 6.30. The molecule has 8 nitrogen and oxygen atoms in total. The maximum Gasteiger partial charge on any atom is 0.356 e. The summed E-state index contributed by atoms with van der Waals surface area (Å²) in [6.45, 7) is -0.0123. The first-order valence-corrected chi connectivity index (χ1v) is 7.82. The third kappa shape index (κ3) is 3.92. The number of rotatable bonds is 6. The smallest absolute Gasteiger partial charge is 0.356 e. The van der Waals surface area contributed by atoms with Gasteiger partial charge in [-0.3, -0.25) is 0 Å². The molecule has 0 bridgehead atoms. The van der Waals surface area contributed by atoms with Crippen molar-refractivity contribution >= 4 is 17.6 Å². The lowest BCUT2D eigenvalue weighted by Gasteiger charge is -2.09. The van der Waals surface area contributed by atoms with Crippen molar-refractivity contribution in [1.82, 2.24) is 15.1 Å². The van der Waals surface area contributed by atoms with E-state index < -0.39 is 5.97 Å². The topological polar surface area (TPSA) is 96.6 Å². The number of hydrogen-bond donors (Lipinski definition) is 0. The zero-order valence-corrected chi connectivity index (χ0v) is 14.7. The molecule has 3 rings (SSSR count). The van der Waals surface area contributed by atoms with Crippen LogP contribution in [0.25, 0.3) is 11.4 Å². The number of hydrogen-bond acceptors (Lipinski definition) is 8. The van der Waals surface area contributed by atoms with Crippen LogP contribution >= 0.6 is 11.6 Å². The third-order valence-corrected chi connectivity index (χ3v) is 3.62. The van der Waals surface area contributed by atoms with Gasteiger partial charge in [-0.25, -0.2) is 9.78 Å². The first-order valence-electron chi connectivity index (χ1n) is 7.44. The fourth-order valence-electron chi connectivity index (χ4n) is 2.08. The van der Waals surface area contributed by atoms with Crippen molar-refractivity contribution in [2.24, 2.45) is 0 Å². The van der Waals surface area contributed by atoms with Gasteiger partial charge in [0.25, 0.3) is 5.89 Å². The Morgan fingerprint density at radius 3 is 2.65 bits per heavy atom. The summed E-state index contributed by atoms with van der Waals surface area (Å²) >= 11 is 5.86. The largest absolute Gasteiger partial charge is 0.491 e. The minimum atomic E-state index is -0.583. The number of aromatic nitrogens is 3. The van der Waals surface area contributed by atoms with E-state index in [4.69, 9.17) is 25.6 Å². The Hall–Kier alpha value is -3.13. The SMILES string of the molecule is COC(=O)c1cc(OCc2nc(-c3ccc(Cl)cc3)no2)c(OC)cn1. The maximum absolute atomic E-state index is 11.6. The van der Waals surface area contributed by atoms with Gasteiger partial charge in [0, 0.05) is 16.7 Å². The molecule has 134 valence electrons. The predicted octanol–water partition coefficient (Wildman–Crippen LogP) is 3.16. The van der Waals surface area contributed by atoms with E-state index in [1.54, 1.807) is 24.3 Å². The molecule has 0 saturated carbocycles. The average Bonchev–Trinajstić information content (AvgIpc) is 3.15. The number of ether oxygens (including phenoxy) is 3. The first kappa shape index (κ1) is 17.7. The van der Waals surface area contributed by atoms with Crippen LogP contribution < -0.4 is 9.47 Å². The number of esters is 1. The van der Waals surface area contributed by atoms with Crippen LogP contribution in [0.1, 0.15) is 16.4 Å². The summed E-state index contributed by atoms with van der Waals surface area (Å²) in [6.07, 6.45) is 1.37. The van der Waals surface area contributed by atoms with Crippen molar-refractivity contribution < 1.29 is 23.5 Å². The molecular formula is C17H14ClN3O5. The van der Waals surface area contributed by atoms with Crippen molar-refractivity contribution in [2.45, 2.75) is 6.61 Å². The predicted molar refractivity (Wildman–Crippen MR) is 91.2 cm³/mol. The van der Waals surface area contributed by atoms with Crippen LogP contribution in [-0.2, 0) is 11.3 Å². The molecule has 0 aliphatic carbocycles. The summed E-state index contributed by atoms with van der Waals surface area (Å²) in [5.74, 6) is 0.746. The van der Waals surface area contributed by atoms with Gasteiger partial charge in [-0.05, 0) is 24.3 Å². The number of nitrogens with zero attached hydrogens (tertiary/aromatic N) is 3.